The van der Waals surface area contributed by atoms with Crippen LogP contribution < -0.4 is 0 Å². The minimum atomic E-state index is -0.128. The van der Waals surface area contributed by atoms with Gasteiger partial charge in [-0.25, -0.2) is 0 Å². The Morgan fingerprint density at radius 3 is 2.53 bits per heavy atom. The predicted molar refractivity (Wildman–Crippen MR) is 66.1 cm³/mol. The Balaban J connectivity index is 2.00. The summed E-state index contributed by atoms with van der Waals surface area (Å²) in [6.07, 6.45) is 4.52. The van der Waals surface area contributed by atoms with Gasteiger partial charge in [0.25, 0.3) is 0 Å². The third kappa shape index (κ3) is 6.99. The van der Waals surface area contributed by atoms with Crippen molar-refractivity contribution in [2.45, 2.75) is 51.9 Å². The van der Waals surface area contributed by atoms with Crippen LogP contribution in [0.3, 0.4) is 0 Å². The zero-order valence-electron chi connectivity index (χ0n) is 11.2. The van der Waals surface area contributed by atoms with E-state index in [0.717, 1.165) is 19.4 Å². The highest BCUT2D eigenvalue weighted by molar-refractivity contribution is 4.62. The highest BCUT2D eigenvalue weighted by Gasteiger charge is 2.14. The lowest BCUT2D eigenvalue weighted by atomic mass is 10.1. The zero-order chi connectivity index (χ0) is 12.3. The van der Waals surface area contributed by atoms with Crippen molar-refractivity contribution in [3.8, 4) is 0 Å². The first-order chi connectivity index (χ1) is 8.36. The molecule has 0 aromatic rings. The third-order valence-corrected chi connectivity index (χ3v) is 2.78. The summed E-state index contributed by atoms with van der Waals surface area (Å²) in [4.78, 5) is 0. The second-order valence-corrected chi connectivity index (χ2v) is 4.19. The van der Waals surface area contributed by atoms with Crippen LogP contribution in [0.2, 0.25) is 0 Å². The van der Waals surface area contributed by atoms with Crippen molar-refractivity contribution in [2.24, 2.45) is 0 Å². The van der Waals surface area contributed by atoms with Gasteiger partial charge in [-0.05, 0) is 33.1 Å². The summed E-state index contributed by atoms with van der Waals surface area (Å²) in [5.41, 5.74) is 0. The summed E-state index contributed by atoms with van der Waals surface area (Å²) in [6, 6.07) is 0. The van der Waals surface area contributed by atoms with Gasteiger partial charge in [0.05, 0.1) is 19.3 Å². The van der Waals surface area contributed by atoms with E-state index < -0.39 is 0 Å². The summed E-state index contributed by atoms with van der Waals surface area (Å²) in [5, 5.41) is 0. The molecule has 17 heavy (non-hydrogen) atoms. The molecule has 0 radical (unpaired) electrons. The van der Waals surface area contributed by atoms with Crippen molar-refractivity contribution in [1.82, 2.24) is 0 Å². The van der Waals surface area contributed by atoms with E-state index in [1.165, 1.54) is 12.8 Å². The summed E-state index contributed by atoms with van der Waals surface area (Å²) in [7, 11) is 0. The monoisotopic (exact) mass is 246 g/mol. The maximum atomic E-state index is 5.61. The largest absolute Gasteiger partial charge is 0.379 e. The molecule has 0 saturated carbocycles. The van der Waals surface area contributed by atoms with Gasteiger partial charge in [-0.3, -0.25) is 0 Å². The molecular weight excluding hydrogens is 220 g/mol. The van der Waals surface area contributed by atoms with Crippen molar-refractivity contribution in [1.29, 1.82) is 0 Å². The number of hydrogen-bond acceptors (Lipinski definition) is 4. The van der Waals surface area contributed by atoms with Gasteiger partial charge in [-0.2, -0.15) is 0 Å². The minimum absolute atomic E-state index is 0.128. The molecule has 0 amide bonds. The second kappa shape index (κ2) is 9.83. The van der Waals surface area contributed by atoms with Crippen molar-refractivity contribution in [2.75, 3.05) is 33.0 Å². The Morgan fingerprint density at radius 1 is 1.18 bits per heavy atom. The van der Waals surface area contributed by atoms with Crippen LogP contribution in [0, 0.1) is 0 Å². The van der Waals surface area contributed by atoms with Crippen LogP contribution >= 0.6 is 0 Å². The first-order valence-corrected chi connectivity index (χ1v) is 6.79. The molecule has 0 N–H and O–H groups in total. The molecule has 0 spiro atoms. The van der Waals surface area contributed by atoms with Crippen LogP contribution in [0.25, 0.3) is 0 Å². The van der Waals surface area contributed by atoms with Gasteiger partial charge >= 0.3 is 0 Å². The maximum absolute atomic E-state index is 5.61. The van der Waals surface area contributed by atoms with Gasteiger partial charge in [0, 0.05) is 26.2 Å². The van der Waals surface area contributed by atoms with E-state index in [-0.39, 0.29) is 6.29 Å². The van der Waals surface area contributed by atoms with Crippen molar-refractivity contribution in [3.05, 3.63) is 0 Å². The SMILES string of the molecule is CCOC(CCOCC1CCCCO1)OCC. The molecule has 1 saturated heterocycles. The molecule has 0 bridgehead atoms. The average molecular weight is 246 g/mol. The van der Waals surface area contributed by atoms with Gasteiger partial charge in [0.2, 0.25) is 0 Å². The van der Waals surface area contributed by atoms with Crippen LogP contribution in [0.15, 0.2) is 0 Å². The minimum Gasteiger partial charge on any atom is -0.379 e. The van der Waals surface area contributed by atoms with Crippen LogP contribution in [0.5, 0.6) is 0 Å². The molecule has 4 nitrogen and oxygen atoms in total. The second-order valence-electron chi connectivity index (χ2n) is 4.19. The van der Waals surface area contributed by atoms with Gasteiger partial charge in [0.1, 0.15) is 0 Å². The molecule has 1 fully saturated rings. The average Bonchev–Trinajstić information content (AvgIpc) is 2.36. The first kappa shape index (κ1) is 14.9. The molecule has 0 aromatic carbocycles. The fraction of sp³-hybridized carbons (Fsp3) is 1.00. The third-order valence-electron chi connectivity index (χ3n) is 2.78. The molecule has 1 aliphatic heterocycles. The molecular formula is C13H26O4. The molecule has 0 aliphatic carbocycles. The molecule has 4 heteroatoms. The molecule has 1 rings (SSSR count). The molecule has 1 aliphatic rings. The van der Waals surface area contributed by atoms with Crippen LogP contribution in [0.4, 0.5) is 0 Å². The lowest BCUT2D eigenvalue weighted by Crippen LogP contribution is -2.26. The van der Waals surface area contributed by atoms with Crippen molar-refractivity contribution in [3.63, 3.8) is 0 Å². The standard InChI is InChI=1S/C13H26O4/c1-3-15-13(16-4-2)8-10-14-11-12-7-5-6-9-17-12/h12-13H,3-11H2,1-2H3. The van der Waals surface area contributed by atoms with Crippen molar-refractivity contribution < 1.29 is 18.9 Å². The molecule has 102 valence electrons. The lowest BCUT2D eigenvalue weighted by molar-refractivity contribution is -0.149. The topological polar surface area (TPSA) is 36.9 Å². The van der Waals surface area contributed by atoms with Gasteiger partial charge in [-0.1, -0.05) is 0 Å². The van der Waals surface area contributed by atoms with Crippen molar-refractivity contribution >= 4 is 0 Å². The Hall–Kier alpha value is -0.160. The Labute approximate surface area is 105 Å². The highest BCUT2D eigenvalue weighted by atomic mass is 16.7. The van der Waals surface area contributed by atoms with Crippen LogP contribution in [-0.4, -0.2) is 45.4 Å². The Kier molecular flexibility index (Phi) is 8.61. The Morgan fingerprint density at radius 2 is 1.94 bits per heavy atom. The van der Waals surface area contributed by atoms with Crippen LogP contribution in [0.1, 0.15) is 39.5 Å². The quantitative estimate of drug-likeness (QED) is 0.462. The zero-order valence-corrected chi connectivity index (χ0v) is 11.2. The number of hydrogen-bond donors (Lipinski definition) is 0. The van der Waals surface area contributed by atoms with Gasteiger partial charge < -0.3 is 18.9 Å². The van der Waals surface area contributed by atoms with E-state index in [0.29, 0.717) is 32.5 Å². The maximum Gasteiger partial charge on any atom is 0.159 e. The number of ether oxygens (including phenoxy) is 4. The summed E-state index contributed by atoms with van der Waals surface area (Å²) in [5.74, 6) is 0. The molecule has 0 aromatic heterocycles. The fourth-order valence-corrected chi connectivity index (χ4v) is 1.92. The number of rotatable bonds is 9. The predicted octanol–water partition coefficient (Wildman–Crippen LogP) is 2.36. The smallest absolute Gasteiger partial charge is 0.159 e. The Bertz CT molecular complexity index is 163. The van der Waals surface area contributed by atoms with E-state index in [4.69, 9.17) is 18.9 Å². The van der Waals surface area contributed by atoms with E-state index in [9.17, 15) is 0 Å². The fourth-order valence-electron chi connectivity index (χ4n) is 1.92. The highest BCUT2D eigenvalue weighted by Crippen LogP contribution is 2.13. The first-order valence-electron chi connectivity index (χ1n) is 6.79. The van der Waals surface area contributed by atoms with Gasteiger partial charge in [-0.15, -0.1) is 0 Å². The van der Waals surface area contributed by atoms with E-state index in [2.05, 4.69) is 0 Å². The van der Waals surface area contributed by atoms with E-state index in [1.54, 1.807) is 0 Å². The van der Waals surface area contributed by atoms with E-state index >= 15 is 0 Å². The normalized spacial score (nSPS) is 21.0. The van der Waals surface area contributed by atoms with Gasteiger partial charge in [0.15, 0.2) is 6.29 Å². The lowest BCUT2D eigenvalue weighted by Gasteiger charge is -2.23. The molecule has 1 heterocycles. The van der Waals surface area contributed by atoms with Crippen LogP contribution in [-0.2, 0) is 18.9 Å². The summed E-state index contributed by atoms with van der Waals surface area (Å²) in [6.45, 7) is 7.56. The van der Waals surface area contributed by atoms with E-state index in [1.807, 2.05) is 13.8 Å². The molecule has 1 atom stereocenters. The summed E-state index contributed by atoms with van der Waals surface area (Å²) < 4.78 is 22.1. The summed E-state index contributed by atoms with van der Waals surface area (Å²) >= 11 is 0. The molecule has 1 unspecified atom stereocenters.